The summed E-state index contributed by atoms with van der Waals surface area (Å²) in [5.41, 5.74) is 5.88. The Morgan fingerprint density at radius 1 is 1.11 bits per heavy atom. The summed E-state index contributed by atoms with van der Waals surface area (Å²) in [4.78, 5) is 0. The van der Waals surface area contributed by atoms with Gasteiger partial charge in [-0.2, -0.15) is 0 Å². The van der Waals surface area contributed by atoms with Crippen LogP contribution in [0.15, 0.2) is 18.2 Å². The summed E-state index contributed by atoms with van der Waals surface area (Å²) in [6.07, 6.45) is 0. The second-order valence-electron chi connectivity index (χ2n) is 4.79. The largest absolute Gasteiger partial charge is 0.379 e. The maximum Gasteiger partial charge on any atom is 0.163 e. The molecule has 1 rings (SSSR count). The molecule has 0 aromatic heterocycles. The normalized spacial score (nSPS) is 12.9. The second-order valence-corrected chi connectivity index (χ2v) is 4.79. The molecule has 0 aliphatic carbocycles. The third-order valence-electron chi connectivity index (χ3n) is 2.50. The van der Waals surface area contributed by atoms with Crippen molar-refractivity contribution >= 4 is 0 Å². The van der Waals surface area contributed by atoms with Gasteiger partial charge in [-0.25, -0.2) is 8.78 Å². The molecule has 5 heteroatoms. The minimum absolute atomic E-state index is 0.128. The number of benzene rings is 1. The molecule has 0 fully saturated rings. The Kier molecular flexibility index (Phi) is 6.91. The molecule has 0 aliphatic heterocycles. The number of rotatable bonds is 8. The topological polar surface area (TPSA) is 44.5 Å². The molecule has 108 valence electrons. The molecule has 2 N–H and O–H groups in total. The van der Waals surface area contributed by atoms with E-state index in [2.05, 4.69) is 13.8 Å². The summed E-state index contributed by atoms with van der Waals surface area (Å²) in [6.45, 7) is 5.78. The summed E-state index contributed by atoms with van der Waals surface area (Å²) < 4.78 is 37.1. The van der Waals surface area contributed by atoms with Crippen LogP contribution in [-0.4, -0.2) is 26.4 Å². The average molecular weight is 273 g/mol. The van der Waals surface area contributed by atoms with Crippen molar-refractivity contribution in [3.8, 4) is 0 Å². The SMILES string of the molecule is CC(C)COCCOCC(N)c1cccc(F)c1F. The molecule has 0 heterocycles. The third-order valence-corrected chi connectivity index (χ3v) is 2.50. The van der Waals surface area contributed by atoms with Crippen LogP contribution >= 0.6 is 0 Å². The number of ether oxygens (including phenoxy) is 2. The van der Waals surface area contributed by atoms with Gasteiger partial charge in [0.1, 0.15) is 0 Å². The van der Waals surface area contributed by atoms with Gasteiger partial charge in [0, 0.05) is 12.2 Å². The van der Waals surface area contributed by atoms with Crippen molar-refractivity contribution in [2.45, 2.75) is 19.9 Å². The smallest absolute Gasteiger partial charge is 0.163 e. The molecule has 1 unspecified atom stereocenters. The molecule has 1 aromatic rings. The maximum absolute atomic E-state index is 13.4. The van der Waals surface area contributed by atoms with Gasteiger partial charge in [0.25, 0.3) is 0 Å². The van der Waals surface area contributed by atoms with Gasteiger partial charge in [0.05, 0.1) is 25.9 Å². The molecular formula is C14H21F2NO2. The minimum Gasteiger partial charge on any atom is -0.379 e. The van der Waals surface area contributed by atoms with Crippen LogP contribution in [0.5, 0.6) is 0 Å². The fourth-order valence-electron chi connectivity index (χ4n) is 1.54. The van der Waals surface area contributed by atoms with Gasteiger partial charge in [-0.05, 0) is 12.0 Å². The van der Waals surface area contributed by atoms with Gasteiger partial charge in [-0.1, -0.05) is 26.0 Å². The summed E-state index contributed by atoms with van der Waals surface area (Å²) in [7, 11) is 0. The lowest BCUT2D eigenvalue weighted by molar-refractivity contribution is 0.0331. The minimum atomic E-state index is -0.908. The Labute approximate surface area is 112 Å². The van der Waals surface area contributed by atoms with Crippen LogP contribution in [0.25, 0.3) is 0 Å². The van der Waals surface area contributed by atoms with E-state index in [0.29, 0.717) is 25.7 Å². The van der Waals surface area contributed by atoms with Crippen LogP contribution in [0.1, 0.15) is 25.5 Å². The predicted molar refractivity (Wildman–Crippen MR) is 69.8 cm³/mol. The zero-order valence-corrected chi connectivity index (χ0v) is 11.4. The Bertz CT molecular complexity index is 386. The lowest BCUT2D eigenvalue weighted by atomic mass is 10.1. The molecule has 1 atom stereocenters. The highest BCUT2D eigenvalue weighted by Crippen LogP contribution is 2.17. The molecule has 0 saturated carbocycles. The van der Waals surface area contributed by atoms with Gasteiger partial charge in [0.2, 0.25) is 0 Å². The first kappa shape index (κ1) is 16.0. The van der Waals surface area contributed by atoms with E-state index in [4.69, 9.17) is 15.2 Å². The fraction of sp³-hybridized carbons (Fsp3) is 0.571. The van der Waals surface area contributed by atoms with Crippen LogP contribution in [0.4, 0.5) is 8.78 Å². The Morgan fingerprint density at radius 2 is 1.74 bits per heavy atom. The number of nitrogens with two attached hydrogens (primary N) is 1. The Hall–Kier alpha value is -1.04. The Morgan fingerprint density at radius 3 is 2.37 bits per heavy atom. The van der Waals surface area contributed by atoms with Gasteiger partial charge in [-0.15, -0.1) is 0 Å². The van der Waals surface area contributed by atoms with E-state index in [1.807, 2.05) is 0 Å². The van der Waals surface area contributed by atoms with Crippen LogP contribution in [0.2, 0.25) is 0 Å². The number of hydrogen-bond donors (Lipinski definition) is 1. The van der Waals surface area contributed by atoms with Crippen molar-refractivity contribution in [3.05, 3.63) is 35.4 Å². The molecular weight excluding hydrogens is 252 g/mol. The molecule has 0 bridgehead atoms. The van der Waals surface area contributed by atoms with Gasteiger partial charge in [-0.3, -0.25) is 0 Å². The lowest BCUT2D eigenvalue weighted by Gasteiger charge is -2.14. The molecule has 0 radical (unpaired) electrons. The molecule has 3 nitrogen and oxygen atoms in total. The van der Waals surface area contributed by atoms with E-state index in [1.54, 1.807) is 0 Å². The van der Waals surface area contributed by atoms with E-state index >= 15 is 0 Å². The van der Waals surface area contributed by atoms with Gasteiger partial charge < -0.3 is 15.2 Å². The van der Waals surface area contributed by atoms with Crippen molar-refractivity contribution < 1.29 is 18.3 Å². The van der Waals surface area contributed by atoms with E-state index in [0.717, 1.165) is 6.07 Å². The monoisotopic (exact) mass is 273 g/mol. The molecule has 0 aliphatic rings. The second kappa shape index (κ2) is 8.19. The molecule has 1 aromatic carbocycles. The summed E-state index contributed by atoms with van der Waals surface area (Å²) in [5, 5.41) is 0. The summed E-state index contributed by atoms with van der Waals surface area (Å²) >= 11 is 0. The highest BCUT2D eigenvalue weighted by Gasteiger charge is 2.14. The molecule has 19 heavy (non-hydrogen) atoms. The van der Waals surface area contributed by atoms with E-state index in [9.17, 15) is 8.78 Å². The third kappa shape index (κ3) is 5.63. The molecule has 0 saturated heterocycles. The van der Waals surface area contributed by atoms with Crippen LogP contribution in [-0.2, 0) is 9.47 Å². The average Bonchev–Trinajstić information content (AvgIpc) is 2.36. The highest BCUT2D eigenvalue weighted by atomic mass is 19.2. The van der Waals surface area contributed by atoms with Gasteiger partial charge >= 0.3 is 0 Å². The zero-order chi connectivity index (χ0) is 14.3. The highest BCUT2D eigenvalue weighted by molar-refractivity contribution is 5.22. The first-order valence-electron chi connectivity index (χ1n) is 6.37. The summed E-state index contributed by atoms with van der Waals surface area (Å²) in [6, 6.07) is 3.27. The van der Waals surface area contributed by atoms with Crippen molar-refractivity contribution in [1.29, 1.82) is 0 Å². The summed E-state index contributed by atoms with van der Waals surface area (Å²) in [5.74, 6) is -1.33. The lowest BCUT2D eigenvalue weighted by Crippen LogP contribution is -2.20. The van der Waals surface area contributed by atoms with E-state index in [1.165, 1.54) is 12.1 Å². The maximum atomic E-state index is 13.4. The van der Waals surface area contributed by atoms with Crippen LogP contribution < -0.4 is 5.73 Å². The quantitative estimate of drug-likeness (QED) is 0.741. The molecule has 0 spiro atoms. The number of halogens is 2. The standard InChI is InChI=1S/C14H21F2NO2/c1-10(2)8-18-6-7-19-9-13(17)11-4-3-5-12(15)14(11)16/h3-5,10,13H,6-9,17H2,1-2H3. The fourth-order valence-corrected chi connectivity index (χ4v) is 1.54. The first-order chi connectivity index (χ1) is 9.02. The first-order valence-corrected chi connectivity index (χ1v) is 6.37. The van der Waals surface area contributed by atoms with Crippen molar-refractivity contribution in [1.82, 2.24) is 0 Å². The van der Waals surface area contributed by atoms with Gasteiger partial charge in [0.15, 0.2) is 11.6 Å². The van der Waals surface area contributed by atoms with Crippen molar-refractivity contribution in [3.63, 3.8) is 0 Å². The van der Waals surface area contributed by atoms with E-state index in [-0.39, 0.29) is 12.2 Å². The van der Waals surface area contributed by atoms with Crippen LogP contribution in [0.3, 0.4) is 0 Å². The van der Waals surface area contributed by atoms with Crippen molar-refractivity contribution in [2.75, 3.05) is 26.4 Å². The van der Waals surface area contributed by atoms with E-state index < -0.39 is 17.7 Å². The Balaban J connectivity index is 2.28. The van der Waals surface area contributed by atoms with Crippen LogP contribution in [0, 0.1) is 17.6 Å². The predicted octanol–water partition coefficient (Wildman–Crippen LogP) is 2.65. The molecule has 0 amide bonds. The number of hydrogen-bond acceptors (Lipinski definition) is 3. The zero-order valence-electron chi connectivity index (χ0n) is 11.4. The van der Waals surface area contributed by atoms with Crippen molar-refractivity contribution in [2.24, 2.45) is 11.7 Å².